The van der Waals surface area contributed by atoms with Crippen LogP contribution in [0.15, 0.2) is 28.9 Å². The molecule has 1 saturated heterocycles. The number of nitrogens with one attached hydrogen (secondary N) is 2. The number of piperidine rings is 1. The van der Waals surface area contributed by atoms with Crippen LogP contribution < -0.4 is 15.4 Å². The molecule has 1 fully saturated rings. The van der Waals surface area contributed by atoms with E-state index in [0.717, 1.165) is 41.8 Å². The van der Waals surface area contributed by atoms with Gasteiger partial charge < -0.3 is 19.8 Å². The zero-order valence-electron chi connectivity index (χ0n) is 13.0. The Balaban J connectivity index is 1.68. The fourth-order valence-corrected chi connectivity index (χ4v) is 2.99. The number of fused-ring (bicyclic) bond motifs is 1. The standard InChI is InChI=1S/C17H22N2O3/c1-11-9-18-6-5-15(11)19-17(20)7-12-10-22-16-8-13(21-2)3-4-14(12)16/h3-4,8,10-11,15,18H,5-7,9H2,1-2H3,(H,19,20). The van der Waals surface area contributed by atoms with Crippen LogP contribution >= 0.6 is 0 Å². The van der Waals surface area contributed by atoms with Crippen LogP contribution in [0.25, 0.3) is 11.0 Å². The first-order valence-corrected chi connectivity index (χ1v) is 7.71. The first-order valence-electron chi connectivity index (χ1n) is 7.71. The van der Waals surface area contributed by atoms with Gasteiger partial charge in [0.15, 0.2) is 0 Å². The largest absolute Gasteiger partial charge is 0.497 e. The van der Waals surface area contributed by atoms with E-state index >= 15 is 0 Å². The molecule has 0 bridgehead atoms. The van der Waals surface area contributed by atoms with E-state index in [4.69, 9.17) is 9.15 Å². The lowest BCUT2D eigenvalue weighted by Gasteiger charge is -2.30. The second-order valence-electron chi connectivity index (χ2n) is 5.94. The minimum absolute atomic E-state index is 0.0530. The normalized spacial score (nSPS) is 21.7. The molecule has 3 rings (SSSR count). The number of benzene rings is 1. The highest BCUT2D eigenvalue weighted by Crippen LogP contribution is 2.26. The molecule has 1 aromatic heterocycles. The van der Waals surface area contributed by atoms with Gasteiger partial charge in [0, 0.05) is 23.1 Å². The highest BCUT2D eigenvalue weighted by Gasteiger charge is 2.23. The molecular weight excluding hydrogens is 280 g/mol. The van der Waals surface area contributed by atoms with E-state index in [9.17, 15) is 4.79 Å². The molecule has 0 saturated carbocycles. The van der Waals surface area contributed by atoms with Crippen molar-refractivity contribution in [1.82, 2.24) is 10.6 Å². The van der Waals surface area contributed by atoms with Crippen LogP contribution in [-0.4, -0.2) is 32.1 Å². The predicted molar refractivity (Wildman–Crippen MR) is 85.1 cm³/mol. The summed E-state index contributed by atoms with van der Waals surface area (Å²) in [6.45, 7) is 4.08. The maximum Gasteiger partial charge on any atom is 0.224 e. The van der Waals surface area contributed by atoms with E-state index in [1.165, 1.54) is 0 Å². The Morgan fingerprint density at radius 2 is 2.36 bits per heavy atom. The Morgan fingerprint density at radius 3 is 3.14 bits per heavy atom. The number of hydrogen-bond acceptors (Lipinski definition) is 4. The van der Waals surface area contributed by atoms with Crippen LogP contribution in [0.3, 0.4) is 0 Å². The minimum atomic E-state index is 0.0530. The first-order chi connectivity index (χ1) is 10.7. The molecular formula is C17H22N2O3. The maximum atomic E-state index is 12.3. The van der Waals surface area contributed by atoms with Gasteiger partial charge >= 0.3 is 0 Å². The number of rotatable bonds is 4. The smallest absolute Gasteiger partial charge is 0.224 e. The van der Waals surface area contributed by atoms with Gasteiger partial charge in [0.2, 0.25) is 5.91 Å². The van der Waals surface area contributed by atoms with E-state index in [1.807, 2.05) is 18.2 Å². The van der Waals surface area contributed by atoms with Gasteiger partial charge in [-0.15, -0.1) is 0 Å². The number of methoxy groups -OCH3 is 1. The Labute approximate surface area is 130 Å². The van der Waals surface area contributed by atoms with Gasteiger partial charge in [-0.25, -0.2) is 0 Å². The van der Waals surface area contributed by atoms with Crippen molar-refractivity contribution in [2.45, 2.75) is 25.8 Å². The summed E-state index contributed by atoms with van der Waals surface area (Å²) in [5, 5.41) is 7.46. The van der Waals surface area contributed by atoms with E-state index in [-0.39, 0.29) is 11.9 Å². The summed E-state index contributed by atoms with van der Waals surface area (Å²) in [4.78, 5) is 12.3. The van der Waals surface area contributed by atoms with Gasteiger partial charge in [0.25, 0.3) is 0 Å². The van der Waals surface area contributed by atoms with Crippen molar-refractivity contribution in [2.24, 2.45) is 5.92 Å². The highest BCUT2D eigenvalue weighted by atomic mass is 16.5. The van der Waals surface area contributed by atoms with E-state index < -0.39 is 0 Å². The SMILES string of the molecule is COc1ccc2c(CC(=O)NC3CCNCC3C)coc2c1. The summed E-state index contributed by atoms with van der Waals surface area (Å²) in [5.74, 6) is 1.27. The molecule has 1 amide bonds. The summed E-state index contributed by atoms with van der Waals surface area (Å²) >= 11 is 0. The molecule has 2 aromatic rings. The van der Waals surface area contributed by atoms with Gasteiger partial charge in [0.1, 0.15) is 11.3 Å². The van der Waals surface area contributed by atoms with E-state index in [2.05, 4.69) is 17.6 Å². The van der Waals surface area contributed by atoms with Crippen LogP contribution in [0.1, 0.15) is 18.9 Å². The summed E-state index contributed by atoms with van der Waals surface area (Å²) in [7, 11) is 1.62. The Bertz CT molecular complexity index is 665. The molecule has 1 aromatic carbocycles. The first kappa shape index (κ1) is 14.9. The Kier molecular flexibility index (Phi) is 4.34. The van der Waals surface area contributed by atoms with Crippen molar-refractivity contribution in [1.29, 1.82) is 0 Å². The molecule has 1 aliphatic rings. The van der Waals surface area contributed by atoms with Crippen LogP contribution in [0.5, 0.6) is 5.75 Å². The predicted octanol–water partition coefficient (Wildman–Crippen LogP) is 2.10. The average Bonchev–Trinajstić information content (AvgIpc) is 2.91. The molecule has 0 radical (unpaired) electrons. The topological polar surface area (TPSA) is 63.5 Å². The van der Waals surface area contributed by atoms with Gasteiger partial charge in [-0.2, -0.15) is 0 Å². The van der Waals surface area contributed by atoms with Crippen molar-refractivity contribution in [3.8, 4) is 5.75 Å². The van der Waals surface area contributed by atoms with Crippen LogP contribution in [-0.2, 0) is 11.2 Å². The third-order valence-corrected chi connectivity index (χ3v) is 4.35. The molecule has 5 nitrogen and oxygen atoms in total. The van der Waals surface area contributed by atoms with E-state index in [0.29, 0.717) is 12.3 Å². The fraction of sp³-hybridized carbons (Fsp3) is 0.471. The third kappa shape index (κ3) is 3.09. The minimum Gasteiger partial charge on any atom is -0.497 e. The van der Waals surface area contributed by atoms with Crippen LogP contribution in [0, 0.1) is 5.92 Å². The second-order valence-corrected chi connectivity index (χ2v) is 5.94. The second kappa shape index (κ2) is 6.40. The summed E-state index contributed by atoms with van der Waals surface area (Å²) in [6.07, 6.45) is 2.99. The lowest BCUT2D eigenvalue weighted by atomic mass is 9.95. The van der Waals surface area contributed by atoms with E-state index in [1.54, 1.807) is 13.4 Å². The number of hydrogen-bond donors (Lipinski definition) is 2. The molecule has 0 aliphatic carbocycles. The maximum absolute atomic E-state index is 12.3. The number of ether oxygens (including phenoxy) is 1. The Hall–Kier alpha value is -2.01. The number of furan rings is 1. The number of amides is 1. The quantitative estimate of drug-likeness (QED) is 0.908. The van der Waals surface area contributed by atoms with Crippen molar-refractivity contribution in [2.75, 3.05) is 20.2 Å². The van der Waals surface area contributed by atoms with Crippen molar-refractivity contribution in [3.05, 3.63) is 30.0 Å². The Morgan fingerprint density at radius 1 is 1.50 bits per heavy atom. The molecule has 22 heavy (non-hydrogen) atoms. The monoisotopic (exact) mass is 302 g/mol. The van der Waals surface area contributed by atoms with Crippen molar-refractivity contribution in [3.63, 3.8) is 0 Å². The summed E-state index contributed by atoms with van der Waals surface area (Å²) < 4.78 is 10.7. The molecule has 118 valence electrons. The van der Waals surface area contributed by atoms with Gasteiger partial charge in [0.05, 0.1) is 19.8 Å². The fourth-order valence-electron chi connectivity index (χ4n) is 2.99. The van der Waals surface area contributed by atoms with Crippen molar-refractivity contribution >= 4 is 16.9 Å². The molecule has 2 atom stereocenters. The zero-order chi connectivity index (χ0) is 15.5. The average molecular weight is 302 g/mol. The summed E-state index contributed by atoms with van der Waals surface area (Å²) in [6, 6.07) is 5.92. The van der Waals surface area contributed by atoms with Crippen LogP contribution in [0.2, 0.25) is 0 Å². The number of carbonyl (C=O) groups is 1. The highest BCUT2D eigenvalue weighted by molar-refractivity contribution is 5.88. The molecule has 5 heteroatoms. The zero-order valence-corrected chi connectivity index (χ0v) is 13.0. The van der Waals surface area contributed by atoms with Gasteiger partial charge in [-0.05, 0) is 37.6 Å². The van der Waals surface area contributed by atoms with Gasteiger partial charge in [-0.1, -0.05) is 6.92 Å². The summed E-state index contributed by atoms with van der Waals surface area (Å²) in [5.41, 5.74) is 1.66. The third-order valence-electron chi connectivity index (χ3n) is 4.35. The molecule has 0 spiro atoms. The van der Waals surface area contributed by atoms with Crippen LogP contribution in [0.4, 0.5) is 0 Å². The van der Waals surface area contributed by atoms with Gasteiger partial charge in [-0.3, -0.25) is 4.79 Å². The molecule has 1 aliphatic heterocycles. The lowest BCUT2D eigenvalue weighted by molar-refractivity contribution is -0.121. The molecule has 2 N–H and O–H groups in total. The molecule has 2 heterocycles. The van der Waals surface area contributed by atoms with Crippen molar-refractivity contribution < 1.29 is 13.9 Å². The number of carbonyl (C=O) groups excluding carboxylic acids is 1. The molecule has 2 unspecified atom stereocenters. The lowest BCUT2D eigenvalue weighted by Crippen LogP contribution is -2.48.